The molecule has 92 valence electrons. The zero-order chi connectivity index (χ0) is 12.8. The zero-order valence-electron chi connectivity index (χ0n) is 10.4. The van der Waals surface area contributed by atoms with E-state index in [9.17, 15) is 0 Å². The maximum Gasteiger partial charge on any atom is 0.0546 e. The Balaban J connectivity index is 2.26. The fourth-order valence-corrected chi connectivity index (χ4v) is 1.88. The molecule has 2 heteroatoms. The molecule has 0 fully saturated rings. The smallest absolute Gasteiger partial charge is 0.0546 e. The molecule has 0 saturated carbocycles. The highest BCUT2D eigenvalue weighted by molar-refractivity contribution is 5.71. The summed E-state index contributed by atoms with van der Waals surface area (Å²) in [5, 5.41) is 9.02. The maximum atomic E-state index is 9.02. The van der Waals surface area contributed by atoms with Gasteiger partial charge in [-0.2, -0.15) is 5.48 Å². The Labute approximate surface area is 108 Å². The first kappa shape index (κ1) is 12.6. The van der Waals surface area contributed by atoms with Gasteiger partial charge >= 0.3 is 0 Å². The lowest BCUT2D eigenvalue weighted by molar-refractivity contribution is 0.133. The summed E-state index contributed by atoms with van der Waals surface area (Å²) in [6, 6.07) is 18.1. The molecule has 0 heterocycles. The van der Waals surface area contributed by atoms with Gasteiger partial charge in [-0.05, 0) is 23.6 Å². The summed E-state index contributed by atoms with van der Waals surface area (Å²) >= 11 is 0. The molecule has 0 saturated heterocycles. The van der Waals surface area contributed by atoms with Gasteiger partial charge in [0.1, 0.15) is 0 Å². The van der Waals surface area contributed by atoms with Crippen LogP contribution in [-0.2, 0) is 0 Å². The number of rotatable bonds is 4. The molecule has 18 heavy (non-hydrogen) atoms. The molecule has 2 aromatic rings. The third kappa shape index (κ3) is 3.06. The van der Waals surface area contributed by atoms with Crippen LogP contribution in [0.2, 0.25) is 0 Å². The van der Waals surface area contributed by atoms with Gasteiger partial charge in [0.2, 0.25) is 0 Å². The normalized spacial score (nSPS) is 12.8. The molecule has 2 aromatic carbocycles. The van der Waals surface area contributed by atoms with E-state index in [2.05, 4.69) is 29.8 Å². The highest BCUT2D eigenvalue weighted by Gasteiger charge is 2.06. The van der Waals surface area contributed by atoms with E-state index in [4.69, 9.17) is 5.21 Å². The SMILES string of the molecule is CC(NO)c1ccccc1/C=C/c1ccccc1. The van der Waals surface area contributed by atoms with Crippen molar-refractivity contribution in [2.75, 3.05) is 0 Å². The van der Waals surface area contributed by atoms with E-state index in [1.165, 1.54) is 0 Å². The van der Waals surface area contributed by atoms with Crippen molar-refractivity contribution in [3.05, 3.63) is 71.3 Å². The van der Waals surface area contributed by atoms with Crippen LogP contribution in [0.5, 0.6) is 0 Å². The van der Waals surface area contributed by atoms with Crippen molar-refractivity contribution in [1.82, 2.24) is 5.48 Å². The quantitative estimate of drug-likeness (QED) is 0.626. The third-order valence-corrected chi connectivity index (χ3v) is 2.91. The second-order valence-electron chi connectivity index (χ2n) is 4.22. The fraction of sp³-hybridized carbons (Fsp3) is 0.125. The summed E-state index contributed by atoms with van der Waals surface area (Å²) in [6.07, 6.45) is 4.14. The Morgan fingerprint density at radius 1 is 0.944 bits per heavy atom. The van der Waals surface area contributed by atoms with Crippen LogP contribution in [0.3, 0.4) is 0 Å². The molecular formula is C16H17NO. The lowest BCUT2D eigenvalue weighted by Gasteiger charge is -2.12. The second kappa shape index (κ2) is 6.15. The molecule has 2 rings (SSSR count). The highest BCUT2D eigenvalue weighted by Crippen LogP contribution is 2.19. The molecule has 0 bridgehead atoms. The van der Waals surface area contributed by atoms with Gasteiger partial charge < -0.3 is 5.21 Å². The first-order chi connectivity index (χ1) is 8.81. The standard InChI is InChI=1S/C16H17NO/c1-13(17-18)16-10-6-5-9-15(16)12-11-14-7-3-2-4-8-14/h2-13,17-18H,1H3/b12-11+. The van der Waals surface area contributed by atoms with E-state index < -0.39 is 0 Å². The molecule has 1 unspecified atom stereocenters. The summed E-state index contributed by atoms with van der Waals surface area (Å²) in [5.74, 6) is 0. The Morgan fingerprint density at radius 2 is 1.61 bits per heavy atom. The van der Waals surface area contributed by atoms with Gasteiger partial charge in [-0.15, -0.1) is 0 Å². The average molecular weight is 239 g/mol. The van der Waals surface area contributed by atoms with Crippen molar-refractivity contribution < 1.29 is 5.21 Å². The third-order valence-electron chi connectivity index (χ3n) is 2.91. The van der Waals surface area contributed by atoms with Gasteiger partial charge in [-0.3, -0.25) is 0 Å². The van der Waals surface area contributed by atoms with E-state index in [-0.39, 0.29) is 6.04 Å². The van der Waals surface area contributed by atoms with Gasteiger partial charge in [0, 0.05) is 0 Å². The first-order valence-corrected chi connectivity index (χ1v) is 6.03. The lowest BCUT2D eigenvalue weighted by atomic mass is 10.0. The molecule has 0 spiro atoms. The Bertz CT molecular complexity index is 520. The number of hydrogen-bond acceptors (Lipinski definition) is 2. The summed E-state index contributed by atoms with van der Waals surface area (Å²) in [5.41, 5.74) is 5.63. The van der Waals surface area contributed by atoms with Crippen molar-refractivity contribution in [2.24, 2.45) is 0 Å². The first-order valence-electron chi connectivity index (χ1n) is 6.03. The van der Waals surface area contributed by atoms with Crippen LogP contribution in [0.25, 0.3) is 12.2 Å². The van der Waals surface area contributed by atoms with Crippen LogP contribution >= 0.6 is 0 Å². The second-order valence-corrected chi connectivity index (χ2v) is 4.22. The van der Waals surface area contributed by atoms with Crippen molar-refractivity contribution in [2.45, 2.75) is 13.0 Å². The predicted octanol–water partition coefficient (Wildman–Crippen LogP) is 3.90. The minimum atomic E-state index is -0.0818. The highest BCUT2D eigenvalue weighted by atomic mass is 16.5. The minimum Gasteiger partial charge on any atom is -0.316 e. The van der Waals surface area contributed by atoms with Crippen molar-refractivity contribution in [1.29, 1.82) is 0 Å². The van der Waals surface area contributed by atoms with E-state index in [1.807, 2.05) is 49.4 Å². The minimum absolute atomic E-state index is 0.0818. The Hall–Kier alpha value is -1.90. The molecule has 0 aliphatic heterocycles. The summed E-state index contributed by atoms with van der Waals surface area (Å²) in [6.45, 7) is 1.93. The van der Waals surface area contributed by atoms with E-state index in [0.29, 0.717) is 0 Å². The average Bonchev–Trinajstić information content (AvgIpc) is 2.45. The lowest BCUT2D eigenvalue weighted by Crippen LogP contribution is -2.14. The number of nitrogens with one attached hydrogen (secondary N) is 1. The van der Waals surface area contributed by atoms with Crippen molar-refractivity contribution in [3.8, 4) is 0 Å². The van der Waals surface area contributed by atoms with E-state index >= 15 is 0 Å². The van der Waals surface area contributed by atoms with Crippen LogP contribution in [0.1, 0.15) is 29.7 Å². The van der Waals surface area contributed by atoms with Gasteiger partial charge in [-0.25, -0.2) is 0 Å². The van der Waals surface area contributed by atoms with Gasteiger partial charge in [0.05, 0.1) is 6.04 Å². The van der Waals surface area contributed by atoms with Crippen LogP contribution in [0, 0.1) is 0 Å². The molecule has 1 atom stereocenters. The molecule has 2 N–H and O–H groups in total. The largest absolute Gasteiger partial charge is 0.316 e. The predicted molar refractivity (Wildman–Crippen MR) is 75.1 cm³/mol. The van der Waals surface area contributed by atoms with E-state index in [1.54, 1.807) is 0 Å². The molecule has 0 amide bonds. The van der Waals surface area contributed by atoms with Gasteiger partial charge in [0.25, 0.3) is 0 Å². The fourth-order valence-electron chi connectivity index (χ4n) is 1.88. The van der Waals surface area contributed by atoms with Crippen LogP contribution in [-0.4, -0.2) is 5.21 Å². The van der Waals surface area contributed by atoms with E-state index in [0.717, 1.165) is 16.7 Å². The summed E-state index contributed by atoms with van der Waals surface area (Å²) in [4.78, 5) is 0. The molecule has 0 aromatic heterocycles. The van der Waals surface area contributed by atoms with Crippen molar-refractivity contribution in [3.63, 3.8) is 0 Å². The molecule has 2 nitrogen and oxygen atoms in total. The van der Waals surface area contributed by atoms with Crippen LogP contribution < -0.4 is 5.48 Å². The summed E-state index contributed by atoms with van der Waals surface area (Å²) in [7, 11) is 0. The molecular weight excluding hydrogens is 222 g/mol. The zero-order valence-corrected chi connectivity index (χ0v) is 10.4. The van der Waals surface area contributed by atoms with Crippen LogP contribution in [0.4, 0.5) is 0 Å². The van der Waals surface area contributed by atoms with Crippen molar-refractivity contribution >= 4 is 12.2 Å². The maximum absolute atomic E-state index is 9.02. The van der Waals surface area contributed by atoms with Gasteiger partial charge in [-0.1, -0.05) is 66.7 Å². The Kier molecular flexibility index (Phi) is 4.29. The van der Waals surface area contributed by atoms with Gasteiger partial charge in [0.15, 0.2) is 0 Å². The summed E-state index contributed by atoms with van der Waals surface area (Å²) < 4.78 is 0. The number of hydroxylamine groups is 1. The molecule has 0 aliphatic rings. The Morgan fingerprint density at radius 3 is 2.33 bits per heavy atom. The molecule has 0 radical (unpaired) electrons. The number of hydrogen-bond donors (Lipinski definition) is 2. The van der Waals surface area contributed by atoms with Crippen LogP contribution in [0.15, 0.2) is 54.6 Å². The topological polar surface area (TPSA) is 32.3 Å². The molecule has 0 aliphatic carbocycles. The number of benzene rings is 2. The monoisotopic (exact) mass is 239 g/mol.